The quantitative estimate of drug-likeness (QED) is 0.636. The molecule has 0 heterocycles. The highest BCUT2D eigenvalue weighted by Gasteiger charge is 2.19. The van der Waals surface area contributed by atoms with Crippen molar-refractivity contribution in [1.82, 2.24) is 4.90 Å². The number of nitrogens with two attached hydrogens (primary N) is 1. The molecule has 0 spiro atoms. The largest absolute Gasteiger partial charge is 0.383 e. The number of nitrogens with zero attached hydrogens (tertiary/aromatic N) is 1. The first-order chi connectivity index (χ1) is 6.36. The van der Waals surface area contributed by atoms with Crippen LogP contribution in [0, 0.1) is 5.92 Å². The maximum Gasteiger partial charge on any atom is 0.0589 e. The minimum atomic E-state index is 0.760. The summed E-state index contributed by atoms with van der Waals surface area (Å²) < 4.78 is 5.07. The molecule has 0 aromatic heterocycles. The van der Waals surface area contributed by atoms with Gasteiger partial charge in [-0.1, -0.05) is 6.42 Å². The number of rotatable bonds is 7. The highest BCUT2D eigenvalue weighted by atomic mass is 16.5. The van der Waals surface area contributed by atoms with Crippen LogP contribution < -0.4 is 5.73 Å². The molecule has 1 aliphatic carbocycles. The zero-order chi connectivity index (χ0) is 9.52. The average Bonchev–Trinajstić information content (AvgIpc) is 2.07. The van der Waals surface area contributed by atoms with Gasteiger partial charge in [0.2, 0.25) is 0 Å². The standard InChI is InChI=1S/C10H22N2O/c1-13-8-7-12(6-5-11)9-10-3-2-4-10/h10H,2-9,11H2,1H3. The van der Waals surface area contributed by atoms with Gasteiger partial charge in [-0.25, -0.2) is 0 Å². The molecule has 13 heavy (non-hydrogen) atoms. The highest BCUT2D eigenvalue weighted by Crippen LogP contribution is 2.26. The third-order valence-electron chi connectivity index (χ3n) is 2.80. The van der Waals surface area contributed by atoms with Crippen LogP contribution in [0.2, 0.25) is 0 Å². The highest BCUT2D eigenvalue weighted by molar-refractivity contribution is 4.73. The van der Waals surface area contributed by atoms with Gasteiger partial charge in [-0.2, -0.15) is 0 Å². The molecule has 1 rings (SSSR count). The third kappa shape index (κ3) is 4.07. The number of hydrogen-bond acceptors (Lipinski definition) is 3. The lowest BCUT2D eigenvalue weighted by atomic mass is 9.85. The molecule has 0 unspecified atom stereocenters. The zero-order valence-electron chi connectivity index (χ0n) is 8.67. The first kappa shape index (κ1) is 11.0. The van der Waals surface area contributed by atoms with E-state index in [1.54, 1.807) is 7.11 Å². The van der Waals surface area contributed by atoms with Crippen molar-refractivity contribution in [3.63, 3.8) is 0 Å². The van der Waals surface area contributed by atoms with E-state index in [2.05, 4.69) is 4.90 Å². The van der Waals surface area contributed by atoms with E-state index in [1.165, 1.54) is 25.8 Å². The minimum absolute atomic E-state index is 0.760. The van der Waals surface area contributed by atoms with E-state index in [-0.39, 0.29) is 0 Å². The van der Waals surface area contributed by atoms with Gasteiger partial charge in [-0.05, 0) is 18.8 Å². The second-order valence-corrected chi connectivity index (χ2v) is 3.88. The Balaban J connectivity index is 2.11. The van der Waals surface area contributed by atoms with E-state index >= 15 is 0 Å². The molecule has 0 aliphatic heterocycles. The maximum atomic E-state index is 5.55. The molecule has 3 nitrogen and oxygen atoms in total. The summed E-state index contributed by atoms with van der Waals surface area (Å²) in [5, 5.41) is 0. The molecule has 1 saturated carbocycles. The van der Waals surface area contributed by atoms with E-state index in [1.807, 2.05) is 0 Å². The van der Waals surface area contributed by atoms with Gasteiger partial charge in [0.25, 0.3) is 0 Å². The Hall–Kier alpha value is -0.120. The van der Waals surface area contributed by atoms with Crippen LogP contribution in [0.4, 0.5) is 0 Å². The summed E-state index contributed by atoms with van der Waals surface area (Å²) in [6, 6.07) is 0. The molecule has 78 valence electrons. The zero-order valence-corrected chi connectivity index (χ0v) is 8.67. The SMILES string of the molecule is COCCN(CCN)CC1CCC1. The molecule has 1 fully saturated rings. The molecular weight excluding hydrogens is 164 g/mol. The molecule has 0 bridgehead atoms. The van der Waals surface area contributed by atoms with Gasteiger partial charge in [0.1, 0.15) is 0 Å². The van der Waals surface area contributed by atoms with Gasteiger partial charge in [-0.3, -0.25) is 4.90 Å². The van der Waals surface area contributed by atoms with Crippen molar-refractivity contribution in [2.24, 2.45) is 11.7 Å². The third-order valence-corrected chi connectivity index (χ3v) is 2.80. The molecule has 0 amide bonds. The molecule has 3 heteroatoms. The van der Waals surface area contributed by atoms with Crippen LogP contribution in [0.5, 0.6) is 0 Å². The Kier molecular flexibility index (Phi) is 5.35. The molecule has 0 aromatic carbocycles. The monoisotopic (exact) mass is 186 g/mol. The maximum absolute atomic E-state index is 5.55. The summed E-state index contributed by atoms with van der Waals surface area (Å²) in [7, 11) is 1.75. The van der Waals surface area contributed by atoms with Crippen molar-refractivity contribution >= 4 is 0 Å². The Bertz CT molecular complexity index is 126. The van der Waals surface area contributed by atoms with Crippen LogP contribution >= 0.6 is 0 Å². The van der Waals surface area contributed by atoms with Crippen molar-refractivity contribution in [3.05, 3.63) is 0 Å². The van der Waals surface area contributed by atoms with Gasteiger partial charge in [0.05, 0.1) is 6.61 Å². The number of methoxy groups -OCH3 is 1. The van der Waals surface area contributed by atoms with Crippen LogP contribution in [0.3, 0.4) is 0 Å². The first-order valence-electron chi connectivity index (χ1n) is 5.28. The second-order valence-electron chi connectivity index (χ2n) is 3.88. The topological polar surface area (TPSA) is 38.5 Å². The fourth-order valence-corrected chi connectivity index (χ4v) is 1.74. The summed E-state index contributed by atoms with van der Waals surface area (Å²) in [4.78, 5) is 2.42. The van der Waals surface area contributed by atoms with Gasteiger partial charge in [0, 0.05) is 33.3 Å². The normalized spacial score (nSPS) is 17.8. The minimum Gasteiger partial charge on any atom is -0.383 e. The van der Waals surface area contributed by atoms with Crippen molar-refractivity contribution in [2.45, 2.75) is 19.3 Å². The Morgan fingerprint density at radius 1 is 1.38 bits per heavy atom. The fourth-order valence-electron chi connectivity index (χ4n) is 1.74. The predicted molar refractivity (Wildman–Crippen MR) is 54.7 cm³/mol. The van der Waals surface area contributed by atoms with Crippen molar-refractivity contribution in [2.75, 3.05) is 39.9 Å². The predicted octanol–water partition coefficient (Wildman–Crippen LogP) is 0.694. The lowest BCUT2D eigenvalue weighted by Gasteiger charge is -2.32. The summed E-state index contributed by atoms with van der Waals surface area (Å²) in [6.45, 7) is 4.85. The lowest BCUT2D eigenvalue weighted by molar-refractivity contribution is 0.123. The second kappa shape index (κ2) is 6.35. The summed E-state index contributed by atoms with van der Waals surface area (Å²) >= 11 is 0. The molecule has 0 saturated heterocycles. The summed E-state index contributed by atoms with van der Waals surface area (Å²) in [6.07, 6.45) is 4.24. The van der Waals surface area contributed by atoms with E-state index in [0.29, 0.717) is 0 Å². The summed E-state index contributed by atoms with van der Waals surface area (Å²) in [5.41, 5.74) is 5.55. The van der Waals surface area contributed by atoms with Crippen LogP contribution in [0.15, 0.2) is 0 Å². The average molecular weight is 186 g/mol. The van der Waals surface area contributed by atoms with E-state index in [0.717, 1.165) is 32.2 Å². The van der Waals surface area contributed by atoms with Gasteiger partial charge >= 0.3 is 0 Å². The van der Waals surface area contributed by atoms with Gasteiger partial charge in [0.15, 0.2) is 0 Å². The van der Waals surface area contributed by atoms with E-state index < -0.39 is 0 Å². The smallest absolute Gasteiger partial charge is 0.0589 e. The van der Waals surface area contributed by atoms with Crippen molar-refractivity contribution in [1.29, 1.82) is 0 Å². The van der Waals surface area contributed by atoms with Gasteiger partial charge < -0.3 is 10.5 Å². The van der Waals surface area contributed by atoms with Crippen LogP contribution in [-0.2, 0) is 4.74 Å². The van der Waals surface area contributed by atoms with Crippen molar-refractivity contribution < 1.29 is 4.74 Å². The van der Waals surface area contributed by atoms with E-state index in [4.69, 9.17) is 10.5 Å². The van der Waals surface area contributed by atoms with Crippen molar-refractivity contribution in [3.8, 4) is 0 Å². The first-order valence-corrected chi connectivity index (χ1v) is 5.28. The molecule has 0 radical (unpaired) electrons. The van der Waals surface area contributed by atoms with E-state index in [9.17, 15) is 0 Å². The Morgan fingerprint density at radius 3 is 2.62 bits per heavy atom. The molecular formula is C10H22N2O. The summed E-state index contributed by atoms with van der Waals surface area (Å²) in [5.74, 6) is 0.934. The molecule has 0 atom stereocenters. The molecule has 1 aliphatic rings. The van der Waals surface area contributed by atoms with Crippen LogP contribution in [-0.4, -0.2) is 44.8 Å². The Labute approximate surface area is 81.2 Å². The van der Waals surface area contributed by atoms with Gasteiger partial charge in [-0.15, -0.1) is 0 Å². The molecule has 2 N–H and O–H groups in total. The lowest BCUT2D eigenvalue weighted by Crippen LogP contribution is -2.38. The number of hydrogen-bond donors (Lipinski definition) is 1. The van der Waals surface area contributed by atoms with Crippen LogP contribution in [0.25, 0.3) is 0 Å². The molecule has 0 aromatic rings. The fraction of sp³-hybridized carbons (Fsp3) is 1.00. The number of ether oxygens (including phenoxy) is 1. The Morgan fingerprint density at radius 2 is 2.15 bits per heavy atom. The van der Waals surface area contributed by atoms with Crippen LogP contribution in [0.1, 0.15) is 19.3 Å².